The lowest BCUT2D eigenvalue weighted by molar-refractivity contribution is -0.160. The molecule has 0 unspecified atom stereocenters. The van der Waals surface area contributed by atoms with Crippen molar-refractivity contribution in [2.75, 3.05) is 14.2 Å². The van der Waals surface area contributed by atoms with Gasteiger partial charge in [0.2, 0.25) is 0 Å². The van der Waals surface area contributed by atoms with E-state index in [1.54, 1.807) is 48.5 Å². The Morgan fingerprint density at radius 1 is 0.931 bits per heavy atom. The highest BCUT2D eigenvalue weighted by atomic mass is 79.9. The molecule has 0 radical (unpaired) electrons. The van der Waals surface area contributed by atoms with E-state index in [0.717, 1.165) is 4.47 Å². The van der Waals surface area contributed by atoms with Gasteiger partial charge in [0.05, 0.1) is 14.2 Å². The number of methoxy groups -OCH3 is 2. The maximum Gasteiger partial charge on any atom is 0.320 e. The van der Waals surface area contributed by atoms with Crippen molar-refractivity contribution in [3.63, 3.8) is 0 Å². The van der Waals surface area contributed by atoms with Gasteiger partial charge in [0, 0.05) is 26.9 Å². The number of ketones is 1. The standard InChI is InChI=1S/C22H22BrClO5/c1-4-17(20(25)14-5-9-15(23)10-6-14)18(13-7-11-16(24)12-8-13)19(21(26)28-2)22(27)29-3/h5-12,17-19H,4H2,1-3H3/t17-,18-/m1/s1. The van der Waals surface area contributed by atoms with E-state index in [-0.39, 0.29) is 5.78 Å². The molecule has 154 valence electrons. The first-order valence-electron chi connectivity index (χ1n) is 9.04. The number of Topliss-reactive ketones (excluding diaryl/α,β-unsaturated/α-hetero) is 1. The van der Waals surface area contributed by atoms with Crippen molar-refractivity contribution < 1.29 is 23.9 Å². The zero-order chi connectivity index (χ0) is 21.6. The smallest absolute Gasteiger partial charge is 0.320 e. The van der Waals surface area contributed by atoms with Gasteiger partial charge in [-0.3, -0.25) is 14.4 Å². The van der Waals surface area contributed by atoms with Gasteiger partial charge in [0.15, 0.2) is 11.7 Å². The van der Waals surface area contributed by atoms with Crippen LogP contribution in [0.5, 0.6) is 0 Å². The number of hydrogen-bond donors (Lipinski definition) is 0. The second-order valence-corrected chi connectivity index (χ2v) is 7.84. The summed E-state index contributed by atoms with van der Waals surface area (Å²) in [6, 6.07) is 13.7. The Hall–Kier alpha value is -2.18. The quantitative estimate of drug-likeness (QED) is 0.299. The molecule has 0 saturated carbocycles. The van der Waals surface area contributed by atoms with Gasteiger partial charge in [-0.2, -0.15) is 0 Å². The molecule has 0 bridgehead atoms. The van der Waals surface area contributed by atoms with E-state index in [1.807, 2.05) is 6.92 Å². The van der Waals surface area contributed by atoms with Gasteiger partial charge in [0.25, 0.3) is 0 Å². The molecule has 0 saturated heterocycles. The summed E-state index contributed by atoms with van der Waals surface area (Å²) in [6.45, 7) is 1.84. The molecular formula is C22H22BrClO5. The summed E-state index contributed by atoms with van der Waals surface area (Å²) in [6.07, 6.45) is 0.409. The van der Waals surface area contributed by atoms with Gasteiger partial charge in [-0.15, -0.1) is 0 Å². The Morgan fingerprint density at radius 2 is 1.45 bits per heavy atom. The minimum absolute atomic E-state index is 0.169. The molecule has 0 N–H and O–H groups in total. The van der Waals surface area contributed by atoms with Gasteiger partial charge < -0.3 is 9.47 Å². The van der Waals surface area contributed by atoms with E-state index in [2.05, 4.69) is 15.9 Å². The topological polar surface area (TPSA) is 69.7 Å². The van der Waals surface area contributed by atoms with E-state index in [4.69, 9.17) is 21.1 Å². The molecule has 29 heavy (non-hydrogen) atoms. The first-order chi connectivity index (χ1) is 13.8. The lowest BCUT2D eigenvalue weighted by Crippen LogP contribution is -2.38. The number of esters is 2. The molecule has 0 spiro atoms. The molecule has 0 aliphatic rings. The largest absolute Gasteiger partial charge is 0.468 e. The summed E-state index contributed by atoms with van der Waals surface area (Å²) in [5, 5.41) is 0.507. The monoisotopic (exact) mass is 480 g/mol. The number of benzene rings is 2. The third kappa shape index (κ3) is 5.46. The molecule has 2 atom stereocenters. The van der Waals surface area contributed by atoms with Gasteiger partial charge in [-0.1, -0.05) is 58.7 Å². The highest BCUT2D eigenvalue weighted by Crippen LogP contribution is 2.38. The molecule has 5 nitrogen and oxygen atoms in total. The number of hydrogen-bond acceptors (Lipinski definition) is 5. The van der Waals surface area contributed by atoms with Crippen LogP contribution in [0.15, 0.2) is 53.0 Å². The van der Waals surface area contributed by atoms with Crippen LogP contribution in [0.1, 0.15) is 35.2 Å². The number of carbonyl (C=O) groups is 3. The Bertz CT molecular complexity index is 848. The average molecular weight is 482 g/mol. The molecular weight excluding hydrogens is 460 g/mol. The molecule has 2 aromatic rings. The van der Waals surface area contributed by atoms with Crippen LogP contribution in [0.2, 0.25) is 5.02 Å². The third-order valence-corrected chi connectivity index (χ3v) is 5.64. The maximum absolute atomic E-state index is 13.3. The lowest BCUT2D eigenvalue weighted by atomic mass is 9.72. The van der Waals surface area contributed by atoms with Crippen molar-refractivity contribution in [1.82, 2.24) is 0 Å². The van der Waals surface area contributed by atoms with Crippen LogP contribution in [0.25, 0.3) is 0 Å². The summed E-state index contributed by atoms with van der Waals surface area (Å²) >= 11 is 9.36. The van der Waals surface area contributed by atoms with E-state index in [0.29, 0.717) is 22.6 Å². The highest BCUT2D eigenvalue weighted by Gasteiger charge is 2.44. The predicted molar refractivity (Wildman–Crippen MR) is 114 cm³/mol. The number of halogens is 2. The maximum atomic E-state index is 13.3. The van der Waals surface area contributed by atoms with Gasteiger partial charge in [0.1, 0.15) is 0 Å². The SMILES string of the molecule is CC[C@@H](C(=O)c1ccc(Br)cc1)[C@@H](c1ccc(Cl)cc1)C(C(=O)OC)C(=O)OC. The minimum atomic E-state index is -1.28. The fourth-order valence-electron chi connectivity index (χ4n) is 3.42. The lowest BCUT2D eigenvalue weighted by Gasteiger charge is -2.30. The van der Waals surface area contributed by atoms with Crippen LogP contribution in [0.4, 0.5) is 0 Å². The molecule has 0 heterocycles. The van der Waals surface area contributed by atoms with Crippen LogP contribution in [0.3, 0.4) is 0 Å². The predicted octanol–water partition coefficient (Wildman–Crippen LogP) is 5.06. The van der Waals surface area contributed by atoms with Crippen molar-refractivity contribution >= 4 is 45.3 Å². The van der Waals surface area contributed by atoms with E-state index in [9.17, 15) is 14.4 Å². The van der Waals surface area contributed by atoms with Crippen LogP contribution >= 0.6 is 27.5 Å². The van der Waals surface area contributed by atoms with E-state index < -0.39 is 29.7 Å². The summed E-state index contributed by atoms with van der Waals surface area (Å²) in [5.74, 6) is -4.38. The normalized spacial score (nSPS) is 12.9. The van der Waals surface area contributed by atoms with Crippen LogP contribution in [-0.2, 0) is 19.1 Å². The first kappa shape index (κ1) is 23.1. The van der Waals surface area contributed by atoms with Gasteiger partial charge >= 0.3 is 11.9 Å². The Labute approximate surface area is 183 Å². The Balaban J connectivity index is 2.60. The van der Waals surface area contributed by atoms with Crippen LogP contribution in [0, 0.1) is 11.8 Å². The van der Waals surface area contributed by atoms with Crippen LogP contribution < -0.4 is 0 Å². The molecule has 0 aromatic heterocycles. The average Bonchev–Trinajstić information content (AvgIpc) is 2.73. The Morgan fingerprint density at radius 3 is 1.90 bits per heavy atom. The van der Waals surface area contributed by atoms with Crippen molar-refractivity contribution in [2.24, 2.45) is 11.8 Å². The van der Waals surface area contributed by atoms with E-state index in [1.165, 1.54) is 14.2 Å². The fourth-order valence-corrected chi connectivity index (χ4v) is 3.81. The zero-order valence-electron chi connectivity index (χ0n) is 16.4. The second kappa shape index (κ2) is 10.6. The summed E-state index contributed by atoms with van der Waals surface area (Å²) in [7, 11) is 2.41. The zero-order valence-corrected chi connectivity index (χ0v) is 18.7. The first-order valence-corrected chi connectivity index (χ1v) is 10.2. The third-order valence-electron chi connectivity index (χ3n) is 4.86. The summed E-state index contributed by atoms with van der Waals surface area (Å²) < 4.78 is 10.6. The molecule has 2 aromatic carbocycles. The molecule has 0 fully saturated rings. The summed E-state index contributed by atoms with van der Waals surface area (Å²) in [5.41, 5.74) is 1.13. The Kier molecular flexibility index (Phi) is 8.41. The fraction of sp³-hybridized carbons (Fsp3) is 0.318. The van der Waals surface area contributed by atoms with Crippen molar-refractivity contribution in [3.8, 4) is 0 Å². The number of rotatable bonds is 8. The molecule has 0 aliphatic heterocycles. The summed E-state index contributed by atoms with van der Waals surface area (Å²) in [4.78, 5) is 38.5. The molecule has 7 heteroatoms. The van der Waals surface area contributed by atoms with Crippen molar-refractivity contribution in [2.45, 2.75) is 19.3 Å². The van der Waals surface area contributed by atoms with Crippen LogP contribution in [-0.4, -0.2) is 31.9 Å². The van der Waals surface area contributed by atoms with Gasteiger partial charge in [-0.25, -0.2) is 0 Å². The minimum Gasteiger partial charge on any atom is -0.468 e. The van der Waals surface area contributed by atoms with Crippen molar-refractivity contribution in [1.29, 1.82) is 0 Å². The number of carbonyl (C=O) groups excluding carboxylic acids is 3. The number of ether oxygens (including phenoxy) is 2. The highest BCUT2D eigenvalue weighted by molar-refractivity contribution is 9.10. The second-order valence-electron chi connectivity index (χ2n) is 6.49. The van der Waals surface area contributed by atoms with Gasteiger partial charge in [-0.05, 0) is 36.2 Å². The van der Waals surface area contributed by atoms with E-state index >= 15 is 0 Å². The molecule has 2 rings (SSSR count). The van der Waals surface area contributed by atoms with Crippen molar-refractivity contribution in [3.05, 3.63) is 69.2 Å². The molecule has 0 aliphatic carbocycles. The molecule has 0 amide bonds.